The molecule has 1 atom stereocenters. The molecular formula is C27H30N6O2. The molecule has 2 aromatic carbocycles. The van der Waals surface area contributed by atoms with Crippen LogP contribution in [-0.4, -0.2) is 45.4 Å². The van der Waals surface area contributed by atoms with Gasteiger partial charge in [-0.3, -0.25) is 4.79 Å². The lowest BCUT2D eigenvalue weighted by atomic mass is 9.97. The van der Waals surface area contributed by atoms with Gasteiger partial charge in [-0.2, -0.15) is 0 Å². The summed E-state index contributed by atoms with van der Waals surface area (Å²) in [5.74, 6) is 1.62. The van der Waals surface area contributed by atoms with Gasteiger partial charge in [0.1, 0.15) is 17.9 Å². The Morgan fingerprint density at radius 3 is 2.86 bits per heavy atom. The van der Waals surface area contributed by atoms with Crippen molar-refractivity contribution in [1.29, 1.82) is 0 Å². The third kappa shape index (κ3) is 5.11. The average molecular weight is 471 g/mol. The van der Waals surface area contributed by atoms with Crippen molar-refractivity contribution in [3.8, 4) is 11.4 Å². The predicted octanol–water partition coefficient (Wildman–Crippen LogP) is 4.06. The number of aromatic nitrogens is 4. The summed E-state index contributed by atoms with van der Waals surface area (Å²) in [5, 5.41) is 8.65. The van der Waals surface area contributed by atoms with Crippen LogP contribution in [0.3, 0.4) is 0 Å². The summed E-state index contributed by atoms with van der Waals surface area (Å²) in [5.41, 5.74) is 3.85. The van der Waals surface area contributed by atoms with Crippen LogP contribution >= 0.6 is 0 Å². The lowest BCUT2D eigenvalue weighted by molar-refractivity contribution is -0.125. The second-order valence-corrected chi connectivity index (χ2v) is 8.93. The number of anilines is 1. The van der Waals surface area contributed by atoms with Crippen molar-refractivity contribution < 1.29 is 9.53 Å². The van der Waals surface area contributed by atoms with Crippen molar-refractivity contribution in [2.45, 2.75) is 33.2 Å². The first-order valence-corrected chi connectivity index (χ1v) is 12.1. The van der Waals surface area contributed by atoms with Crippen LogP contribution in [0.5, 0.6) is 5.75 Å². The maximum Gasteiger partial charge on any atom is 0.225 e. The summed E-state index contributed by atoms with van der Waals surface area (Å²) >= 11 is 0. The standard InChI is InChI=1S/C27H30N6O2/c1-3-35-23-8-4-6-20(14-23)15-28-27(34)21-7-5-13-32(16-21)26-24-17-33(31-25(24)29-18-30-26)22-11-9-19(2)10-12-22/h4,6,8-12,14,17-18,21H,3,5,7,13,15-16H2,1-2H3,(H,28,34)/t21-/m1/s1. The summed E-state index contributed by atoms with van der Waals surface area (Å²) in [7, 11) is 0. The van der Waals surface area contributed by atoms with Crippen molar-refractivity contribution >= 4 is 22.8 Å². The molecule has 35 heavy (non-hydrogen) atoms. The first-order chi connectivity index (χ1) is 17.1. The molecule has 1 aliphatic heterocycles. The van der Waals surface area contributed by atoms with Gasteiger partial charge >= 0.3 is 0 Å². The monoisotopic (exact) mass is 470 g/mol. The third-order valence-electron chi connectivity index (χ3n) is 6.36. The highest BCUT2D eigenvalue weighted by atomic mass is 16.5. The number of benzene rings is 2. The van der Waals surface area contributed by atoms with Crippen molar-refractivity contribution in [3.63, 3.8) is 0 Å². The Morgan fingerprint density at radius 1 is 1.17 bits per heavy atom. The van der Waals surface area contributed by atoms with Gasteiger partial charge in [0, 0.05) is 25.8 Å². The molecule has 0 saturated carbocycles. The van der Waals surface area contributed by atoms with Crippen LogP contribution in [0.2, 0.25) is 0 Å². The number of fused-ring (bicyclic) bond motifs is 1. The quantitative estimate of drug-likeness (QED) is 0.439. The number of piperidine rings is 1. The van der Waals surface area contributed by atoms with E-state index in [2.05, 4.69) is 44.3 Å². The predicted molar refractivity (Wildman–Crippen MR) is 136 cm³/mol. The average Bonchev–Trinajstić information content (AvgIpc) is 3.33. The van der Waals surface area contributed by atoms with Gasteiger partial charge in [-0.05, 0) is 56.5 Å². The molecule has 1 N–H and O–H groups in total. The minimum Gasteiger partial charge on any atom is -0.494 e. The molecule has 1 amide bonds. The van der Waals surface area contributed by atoms with Gasteiger partial charge < -0.3 is 15.0 Å². The first kappa shape index (κ1) is 22.8. The Hall–Kier alpha value is -3.94. The van der Waals surface area contributed by atoms with E-state index in [-0.39, 0.29) is 11.8 Å². The van der Waals surface area contributed by atoms with Crippen LogP contribution < -0.4 is 15.0 Å². The Morgan fingerprint density at radius 2 is 2.03 bits per heavy atom. The number of hydrogen-bond acceptors (Lipinski definition) is 6. The molecule has 1 aliphatic rings. The number of nitrogens with one attached hydrogen (secondary N) is 1. The van der Waals surface area contributed by atoms with E-state index >= 15 is 0 Å². The highest BCUT2D eigenvalue weighted by Gasteiger charge is 2.28. The van der Waals surface area contributed by atoms with Gasteiger partial charge in [-0.15, -0.1) is 5.10 Å². The zero-order valence-corrected chi connectivity index (χ0v) is 20.1. The fourth-order valence-corrected chi connectivity index (χ4v) is 4.54. The lowest BCUT2D eigenvalue weighted by Gasteiger charge is -2.33. The molecule has 8 nitrogen and oxygen atoms in total. The molecule has 8 heteroatoms. The molecule has 2 aromatic heterocycles. The largest absolute Gasteiger partial charge is 0.494 e. The van der Waals surface area contributed by atoms with Crippen molar-refractivity contribution in [2.24, 2.45) is 5.92 Å². The number of aryl methyl sites for hydroxylation is 1. The molecule has 1 saturated heterocycles. The molecule has 4 aromatic rings. The number of nitrogens with zero attached hydrogens (tertiary/aromatic N) is 5. The van der Waals surface area contributed by atoms with Crippen LogP contribution in [0.25, 0.3) is 16.7 Å². The molecule has 0 radical (unpaired) electrons. The second-order valence-electron chi connectivity index (χ2n) is 8.93. The SMILES string of the molecule is CCOc1cccc(CNC(=O)[C@@H]2CCCN(c3ncnc4nn(-c5ccc(C)cc5)cc34)C2)c1. The van der Waals surface area contributed by atoms with E-state index in [4.69, 9.17) is 4.74 Å². The van der Waals surface area contributed by atoms with Crippen LogP contribution in [-0.2, 0) is 11.3 Å². The van der Waals surface area contributed by atoms with Crippen molar-refractivity contribution in [3.05, 3.63) is 72.2 Å². The van der Waals surface area contributed by atoms with E-state index in [9.17, 15) is 4.79 Å². The Bertz CT molecular complexity index is 1320. The van der Waals surface area contributed by atoms with E-state index in [1.807, 2.05) is 54.2 Å². The smallest absolute Gasteiger partial charge is 0.225 e. The van der Waals surface area contributed by atoms with E-state index in [0.29, 0.717) is 25.3 Å². The van der Waals surface area contributed by atoms with Gasteiger partial charge in [0.2, 0.25) is 5.91 Å². The highest BCUT2D eigenvalue weighted by Crippen LogP contribution is 2.28. The molecular weight excluding hydrogens is 440 g/mol. The van der Waals surface area contributed by atoms with Gasteiger partial charge in [-0.25, -0.2) is 14.6 Å². The molecule has 0 aliphatic carbocycles. The molecule has 0 unspecified atom stereocenters. The number of ether oxygens (including phenoxy) is 1. The number of carbonyl (C=O) groups excluding carboxylic acids is 1. The Kier molecular flexibility index (Phi) is 6.61. The van der Waals surface area contributed by atoms with E-state index in [0.717, 1.165) is 47.6 Å². The fraction of sp³-hybridized carbons (Fsp3) is 0.333. The fourth-order valence-electron chi connectivity index (χ4n) is 4.54. The highest BCUT2D eigenvalue weighted by molar-refractivity contribution is 5.87. The number of rotatable bonds is 7. The van der Waals surface area contributed by atoms with Crippen molar-refractivity contribution in [2.75, 3.05) is 24.6 Å². The zero-order chi connectivity index (χ0) is 24.2. The summed E-state index contributed by atoms with van der Waals surface area (Å²) in [6, 6.07) is 16.1. The number of hydrogen-bond donors (Lipinski definition) is 1. The van der Waals surface area contributed by atoms with Gasteiger partial charge in [0.25, 0.3) is 0 Å². The topological polar surface area (TPSA) is 85.2 Å². The van der Waals surface area contributed by atoms with E-state index < -0.39 is 0 Å². The van der Waals surface area contributed by atoms with Crippen molar-refractivity contribution in [1.82, 2.24) is 25.1 Å². The zero-order valence-electron chi connectivity index (χ0n) is 20.1. The summed E-state index contributed by atoms with van der Waals surface area (Å²) in [6.07, 6.45) is 5.32. The van der Waals surface area contributed by atoms with Crippen LogP contribution in [0, 0.1) is 12.8 Å². The maximum atomic E-state index is 13.0. The number of carbonyl (C=O) groups is 1. The summed E-state index contributed by atoms with van der Waals surface area (Å²) in [6.45, 7) is 6.59. The molecule has 5 rings (SSSR count). The molecule has 180 valence electrons. The number of amides is 1. The minimum absolute atomic E-state index is 0.0668. The van der Waals surface area contributed by atoms with Gasteiger partial charge in [0.15, 0.2) is 5.65 Å². The molecule has 0 bridgehead atoms. The van der Waals surface area contributed by atoms with E-state index in [1.165, 1.54) is 5.56 Å². The molecule has 0 spiro atoms. The maximum absolute atomic E-state index is 13.0. The first-order valence-electron chi connectivity index (χ1n) is 12.1. The summed E-state index contributed by atoms with van der Waals surface area (Å²) in [4.78, 5) is 24.2. The van der Waals surface area contributed by atoms with Gasteiger partial charge in [0.05, 0.1) is 23.6 Å². The van der Waals surface area contributed by atoms with Crippen LogP contribution in [0.4, 0.5) is 5.82 Å². The lowest BCUT2D eigenvalue weighted by Crippen LogP contribution is -2.43. The normalized spacial score (nSPS) is 15.8. The molecule has 1 fully saturated rings. The second kappa shape index (κ2) is 10.1. The van der Waals surface area contributed by atoms with Gasteiger partial charge in [-0.1, -0.05) is 29.8 Å². The van der Waals surface area contributed by atoms with Crippen LogP contribution in [0.1, 0.15) is 30.9 Å². The van der Waals surface area contributed by atoms with Crippen LogP contribution in [0.15, 0.2) is 61.1 Å². The summed E-state index contributed by atoms with van der Waals surface area (Å²) < 4.78 is 7.40. The Labute approximate surface area is 205 Å². The minimum atomic E-state index is -0.101. The third-order valence-corrected chi connectivity index (χ3v) is 6.36. The van der Waals surface area contributed by atoms with E-state index in [1.54, 1.807) is 6.33 Å². The Balaban J connectivity index is 1.29. The molecule has 3 heterocycles.